The molecule has 1 nitrogen and oxygen atoms in total. The highest BCUT2D eigenvalue weighted by Gasteiger charge is 2.30. The number of rotatable bonds is 3. The van der Waals surface area contributed by atoms with E-state index in [0.717, 1.165) is 0 Å². The average molecular weight is 265 g/mol. The molecule has 1 aromatic rings. The van der Waals surface area contributed by atoms with E-state index in [1.807, 2.05) is 0 Å². The van der Waals surface area contributed by atoms with E-state index in [9.17, 15) is 34.9 Å². The Morgan fingerprint density at radius 3 is 1.41 bits per heavy atom. The molecule has 0 unspecified atom stereocenters. The summed E-state index contributed by atoms with van der Waals surface area (Å²) in [4.78, 5) is 0. The predicted octanol–water partition coefficient (Wildman–Crippen LogP) is 3.15. The van der Waals surface area contributed by atoms with Crippen LogP contribution in [-0.2, 0) is 0 Å². The molecule has 96 valence electrons. The highest BCUT2D eigenvalue weighted by Crippen LogP contribution is 2.29. The SMILES string of the molecule is Fc1c(F)c(F)c(OC[B-](F)(F)F)c(F)c1F. The zero-order valence-corrected chi connectivity index (χ0v) is 7.72. The van der Waals surface area contributed by atoms with Gasteiger partial charge in [0.05, 0.1) is 6.51 Å². The zero-order chi connectivity index (χ0) is 13.4. The molecule has 0 saturated carbocycles. The maximum Gasteiger partial charge on any atom is 0.515 e. The van der Waals surface area contributed by atoms with Crippen LogP contribution in [0.4, 0.5) is 34.9 Å². The van der Waals surface area contributed by atoms with Gasteiger partial charge < -0.3 is 17.7 Å². The van der Waals surface area contributed by atoms with Gasteiger partial charge in [-0.1, -0.05) is 0 Å². The van der Waals surface area contributed by atoms with Gasteiger partial charge in [-0.25, -0.2) is 13.2 Å². The van der Waals surface area contributed by atoms with Gasteiger partial charge in [-0.05, 0) is 0 Å². The van der Waals surface area contributed by atoms with E-state index in [0.29, 0.717) is 0 Å². The lowest BCUT2D eigenvalue weighted by atomic mass is 9.95. The molecular weight excluding hydrogens is 263 g/mol. The first-order valence-corrected chi connectivity index (χ1v) is 4.00. The standard InChI is InChI=1S/C7H2BF8O/c9-2-3(10)5(12)7(6(13)4(2)11)17-1-8(14,15)16/h1H2/q-1. The van der Waals surface area contributed by atoms with Gasteiger partial charge in [0.25, 0.3) is 0 Å². The lowest BCUT2D eigenvalue weighted by Gasteiger charge is -2.16. The fourth-order valence-electron chi connectivity index (χ4n) is 0.889. The highest BCUT2D eigenvalue weighted by molar-refractivity contribution is 6.58. The summed E-state index contributed by atoms with van der Waals surface area (Å²) in [5.41, 5.74) is 0. The highest BCUT2D eigenvalue weighted by atomic mass is 19.4. The van der Waals surface area contributed by atoms with Crippen molar-refractivity contribution in [3.8, 4) is 5.75 Å². The minimum atomic E-state index is -5.58. The van der Waals surface area contributed by atoms with E-state index < -0.39 is 48.3 Å². The Hall–Kier alpha value is -1.48. The molecule has 0 heterocycles. The maximum absolute atomic E-state index is 12.8. The Morgan fingerprint density at radius 2 is 1.06 bits per heavy atom. The largest absolute Gasteiger partial charge is 0.517 e. The third kappa shape index (κ3) is 2.80. The summed E-state index contributed by atoms with van der Waals surface area (Å²) in [5.74, 6) is -14.0. The summed E-state index contributed by atoms with van der Waals surface area (Å²) in [6.45, 7) is -7.70. The van der Waals surface area contributed by atoms with Crippen LogP contribution >= 0.6 is 0 Å². The minimum absolute atomic E-state index is 1.94. The van der Waals surface area contributed by atoms with Crippen LogP contribution in [0.25, 0.3) is 0 Å². The molecular formula is C7H2BF8O-. The first-order valence-electron chi connectivity index (χ1n) is 4.00. The first kappa shape index (κ1) is 13.6. The Balaban J connectivity index is 3.16. The Kier molecular flexibility index (Phi) is 3.53. The van der Waals surface area contributed by atoms with Crippen LogP contribution in [0.5, 0.6) is 5.75 Å². The van der Waals surface area contributed by atoms with Crippen LogP contribution in [0.15, 0.2) is 0 Å². The second kappa shape index (κ2) is 4.42. The molecule has 0 radical (unpaired) electrons. The normalized spacial score (nSPS) is 11.8. The average Bonchev–Trinajstić information content (AvgIpc) is 2.22. The van der Waals surface area contributed by atoms with Crippen LogP contribution < -0.4 is 4.74 Å². The van der Waals surface area contributed by atoms with E-state index >= 15 is 0 Å². The molecule has 1 aromatic carbocycles. The van der Waals surface area contributed by atoms with Gasteiger partial charge in [0.1, 0.15) is 0 Å². The quantitative estimate of drug-likeness (QED) is 0.353. The van der Waals surface area contributed by atoms with Gasteiger partial charge >= 0.3 is 6.98 Å². The third-order valence-electron chi connectivity index (χ3n) is 1.59. The fourth-order valence-corrected chi connectivity index (χ4v) is 0.889. The Morgan fingerprint density at radius 1 is 0.706 bits per heavy atom. The Bertz CT molecular complexity index is 413. The molecule has 0 atom stereocenters. The molecule has 0 bridgehead atoms. The summed E-state index contributed by atoms with van der Waals surface area (Å²) in [6.07, 6.45) is 0. The molecule has 0 amide bonds. The third-order valence-corrected chi connectivity index (χ3v) is 1.59. The van der Waals surface area contributed by atoms with E-state index in [-0.39, 0.29) is 0 Å². The smallest absolute Gasteiger partial charge is 0.515 e. The molecule has 1 rings (SSSR count). The van der Waals surface area contributed by atoms with Crippen LogP contribution in [0.2, 0.25) is 0 Å². The minimum Gasteiger partial charge on any atom is -0.517 e. The summed E-state index contributed by atoms with van der Waals surface area (Å²) < 4.78 is 102. The summed E-state index contributed by atoms with van der Waals surface area (Å²) >= 11 is 0. The Labute approximate surface area is 89.0 Å². The molecule has 0 aromatic heterocycles. The van der Waals surface area contributed by atoms with Gasteiger partial charge in [0, 0.05) is 0 Å². The van der Waals surface area contributed by atoms with Crippen molar-refractivity contribution in [1.29, 1.82) is 0 Å². The molecule has 10 heteroatoms. The summed E-state index contributed by atoms with van der Waals surface area (Å²) in [7, 11) is 0. The molecule has 17 heavy (non-hydrogen) atoms. The van der Waals surface area contributed by atoms with Gasteiger partial charge in [-0.15, -0.1) is 0 Å². The van der Waals surface area contributed by atoms with E-state index in [1.165, 1.54) is 0 Å². The van der Waals surface area contributed by atoms with Gasteiger partial charge in [0.15, 0.2) is 5.75 Å². The number of hydrogen-bond acceptors (Lipinski definition) is 1. The molecule has 0 spiro atoms. The molecule has 0 aliphatic carbocycles. The lowest BCUT2D eigenvalue weighted by molar-refractivity contribution is 0.267. The predicted molar refractivity (Wildman–Crippen MR) is 40.8 cm³/mol. The number of hydrogen-bond donors (Lipinski definition) is 0. The second-order valence-electron chi connectivity index (χ2n) is 2.92. The molecule has 0 saturated heterocycles. The van der Waals surface area contributed by atoms with Crippen molar-refractivity contribution in [3.63, 3.8) is 0 Å². The van der Waals surface area contributed by atoms with Crippen molar-refractivity contribution < 1.29 is 39.6 Å². The van der Waals surface area contributed by atoms with Crippen LogP contribution in [0.3, 0.4) is 0 Å². The van der Waals surface area contributed by atoms with Crippen molar-refractivity contribution in [2.45, 2.75) is 0 Å². The van der Waals surface area contributed by atoms with Crippen molar-refractivity contribution in [2.24, 2.45) is 0 Å². The summed E-state index contributed by atoms with van der Waals surface area (Å²) in [6, 6.07) is 0. The van der Waals surface area contributed by atoms with E-state index in [4.69, 9.17) is 0 Å². The van der Waals surface area contributed by atoms with Crippen molar-refractivity contribution >= 4 is 6.98 Å². The van der Waals surface area contributed by atoms with Gasteiger partial charge in [-0.2, -0.15) is 8.78 Å². The van der Waals surface area contributed by atoms with Crippen LogP contribution in [0, 0.1) is 29.1 Å². The fraction of sp³-hybridized carbons (Fsp3) is 0.143. The molecule has 0 fully saturated rings. The molecule has 0 N–H and O–H groups in total. The first-order chi connectivity index (χ1) is 7.65. The molecule has 0 aliphatic heterocycles. The van der Waals surface area contributed by atoms with Crippen molar-refractivity contribution in [3.05, 3.63) is 29.1 Å². The second-order valence-corrected chi connectivity index (χ2v) is 2.92. The van der Waals surface area contributed by atoms with Crippen LogP contribution in [-0.4, -0.2) is 13.5 Å². The number of benzene rings is 1. The van der Waals surface area contributed by atoms with Gasteiger partial charge in [0.2, 0.25) is 29.1 Å². The van der Waals surface area contributed by atoms with Crippen molar-refractivity contribution in [2.75, 3.05) is 6.51 Å². The number of halogens is 8. The lowest BCUT2D eigenvalue weighted by Crippen LogP contribution is -2.27. The van der Waals surface area contributed by atoms with E-state index in [2.05, 4.69) is 4.74 Å². The van der Waals surface area contributed by atoms with Crippen LogP contribution in [0.1, 0.15) is 0 Å². The topological polar surface area (TPSA) is 9.23 Å². The number of ether oxygens (including phenoxy) is 1. The van der Waals surface area contributed by atoms with E-state index in [1.54, 1.807) is 0 Å². The van der Waals surface area contributed by atoms with Gasteiger partial charge in [-0.3, -0.25) is 0 Å². The zero-order valence-electron chi connectivity index (χ0n) is 7.72. The maximum atomic E-state index is 12.8. The molecule has 0 aliphatic rings. The monoisotopic (exact) mass is 265 g/mol. The summed E-state index contributed by atoms with van der Waals surface area (Å²) in [5, 5.41) is 0. The van der Waals surface area contributed by atoms with Crippen molar-refractivity contribution in [1.82, 2.24) is 0 Å².